The van der Waals surface area contributed by atoms with Gasteiger partial charge in [0.1, 0.15) is 24.4 Å². The molecule has 8 nitrogen and oxygen atoms in total. The van der Waals surface area contributed by atoms with Gasteiger partial charge in [-0.2, -0.15) is 0 Å². The van der Waals surface area contributed by atoms with Crippen LogP contribution in [0.1, 0.15) is 99.3 Å². The summed E-state index contributed by atoms with van der Waals surface area (Å²) in [5.74, 6) is -0.712. The van der Waals surface area contributed by atoms with Gasteiger partial charge < -0.3 is 35.4 Å². The van der Waals surface area contributed by atoms with Crippen molar-refractivity contribution in [2.24, 2.45) is 62.6 Å². The van der Waals surface area contributed by atoms with E-state index in [0.717, 1.165) is 44.1 Å². The molecule has 6 aliphatic rings. The minimum absolute atomic E-state index is 0.0268. The fraction of sp³-hybridized carbons (Fsp3) is 0.917. The highest BCUT2D eigenvalue weighted by molar-refractivity contribution is 5.77. The Morgan fingerprint density at radius 3 is 2.11 bits per heavy atom. The molecule has 0 aromatic heterocycles. The summed E-state index contributed by atoms with van der Waals surface area (Å²) in [4.78, 5) is 13.7. The number of carboxylic acid groups (broad SMARTS) is 1. The van der Waals surface area contributed by atoms with Gasteiger partial charge in [0.2, 0.25) is 0 Å². The predicted molar refractivity (Wildman–Crippen MR) is 165 cm³/mol. The van der Waals surface area contributed by atoms with Crippen LogP contribution in [0.4, 0.5) is 0 Å². The van der Waals surface area contributed by atoms with Gasteiger partial charge in [0, 0.05) is 5.92 Å². The fourth-order valence-corrected chi connectivity index (χ4v) is 13.6. The van der Waals surface area contributed by atoms with Crippen LogP contribution in [0.5, 0.6) is 0 Å². The summed E-state index contributed by atoms with van der Waals surface area (Å²) in [6.07, 6.45) is 0.517. The molecule has 5 aliphatic carbocycles. The van der Waals surface area contributed by atoms with Crippen LogP contribution >= 0.6 is 0 Å². The summed E-state index contributed by atoms with van der Waals surface area (Å²) in [5, 5.41) is 65.4. The Morgan fingerprint density at radius 2 is 1.50 bits per heavy atom. The van der Waals surface area contributed by atoms with E-state index in [4.69, 9.17) is 4.74 Å². The molecule has 2 unspecified atom stereocenters. The lowest BCUT2D eigenvalue weighted by molar-refractivity contribution is -0.290. The Balaban J connectivity index is 1.50. The van der Waals surface area contributed by atoms with Gasteiger partial charge in [0.05, 0.1) is 24.2 Å². The zero-order valence-electron chi connectivity index (χ0n) is 27.7. The second-order valence-corrected chi connectivity index (χ2v) is 17.5. The molecule has 1 aliphatic heterocycles. The van der Waals surface area contributed by atoms with Crippen molar-refractivity contribution in [2.45, 2.75) is 136 Å². The first kappa shape index (κ1) is 32.9. The van der Waals surface area contributed by atoms with Crippen molar-refractivity contribution in [1.29, 1.82) is 0 Å². The van der Waals surface area contributed by atoms with Crippen LogP contribution in [0.15, 0.2) is 12.2 Å². The highest BCUT2D eigenvalue weighted by Gasteiger charge is 2.75. The molecule has 1 heterocycles. The van der Waals surface area contributed by atoms with Crippen LogP contribution in [0.2, 0.25) is 0 Å². The van der Waals surface area contributed by atoms with E-state index in [9.17, 15) is 35.4 Å². The number of carboxylic acids is 1. The van der Waals surface area contributed by atoms with Gasteiger partial charge in [-0.25, -0.2) is 0 Å². The highest BCUT2D eigenvalue weighted by Crippen LogP contribution is 2.78. The number of fused-ring (bicyclic) bond motifs is 7. The standard InChI is InChI=1S/C36H58O8/c1-18(2)19-10-15-36(31(42)43)21(30-29(41)28(40)27(39)22(17-37)44-30)16-35(7)20(26(19)36)8-9-24-33(5)13-12-25(38)32(3,4)23(33)11-14-34(24,35)6/h19-30,37-41H,1,8-17H2,2-7H3,(H,42,43)/t19-,20+,21?,22+,23-,24+,25-,26+,27-,28-,29+,30?,33-,34+,35+,36-/m0/s1. The van der Waals surface area contributed by atoms with Crippen molar-refractivity contribution in [2.75, 3.05) is 6.61 Å². The maximum atomic E-state index is 13.7. The van der Waals surface area contributed by atoms with Gasteiger partial charge in [-0.1, -0.05) is 46.8 Å². The van der Waals surface area contributed by atoms with Crippen molar-refractivity contribution in [3.63, 3.8) is 0 Å². The summed E-state index contributed by atoms with van der Waals surface area (Å²) in [5.41, 5.74) is -0.697. The van der Waals surface area contributed by atoms with Crippen LogP contribution in [-0.2, 0) is 9.53 Å². The van der Waals surface area contributed by atoms with E-state index in [1.165, 1.54) is 0 Å². The van der Waals surface area contributed by atoms with Crippen LogP contribution in [0, 0.1) is 62.6 Å². The molecule has 0 amide bonds. The second kappa shape index (κ2) is 10.5. The molecule has 0 spiro atoms. The van der Waals surface area contributed by atoms with Crippen LogP contribution in [0.25, 0.3) is 0 Å². The molecule has 0 aromatic rings. The van der Waals surface area contributed by atoms with Crippen molar-refractivity contribution in [1.82, 2.24) is 0 Å². The first-order valence-electron chi connectivity index (χ1n) is 17.3. The Morgan fingerprint density at radius 1 is 0.818 bits per heavy atom. The molecule has 6 fully saturated rings. The molecule has 8 heteroatoms. The highest BCUT2D eigenvalue weighted by atomic mass is 16.5. The Bertz CT molecular complexity index is 1170. The van der Waals surface area contributed by atoms with Crippen molar-refractivity contribution >= 4 is 5.97 Å². The number of allylic oxidation sites excluding steroid dienone is 1. The van der Waals surface area contributed by atoms with Gasteiger partial charge in [-0.3, -0.25) is 4.79 Å². The monoisotopic (exact) mass is 618 g/mol. The Hall–Kier alpha value is -1.03. The molecular weight excluding hydrogens is 560 g/mol. The average Bonchev–Trinajstić information content (AvgIpc) is 3.37. The summed E-state index contributed by atoms with van der Waals surface area (Å²) < 4.78 is 6.26. The van der Waals surface area contributed by atoms with Crippen molar-refractivity contribution < 1.29 is 40.2 Å². The largest absolute Gasteiger partial charge is 0.481 e. The van der Waals surface area contributed by atoms with E-state index in [1.54, 1.807) is 0 Å². The van der Waals surface area contributed by atoms with E-state index in [2.05, 4.69) is 41.2 Å². The van der Waals surface area contributed by atoms with Gasteiger partial charge in [0.15, 0.2) is 0 Å². The van der Waals surface area contributed by atoms with Gasteiger partial charge in [0.25, 0.3) is 0 Å². The van der Waals surface area contributed by atoms with E-state index in [-0.39, 0.29) is 45.5 Å². The van der Waals surface area contributed by atoms with Gasteiger partial charge in [-0.15, -0.1) is 0 Å². The van der Waals surface area contributed by atoms with E-state index in [0.29, 0.717) is 31.1 Å². The second-order valence-electron chi connectivity index (χ2n) is 17.5. The molecule has 0 aromatic carbocycles. The molecule has 6 N–H and O–H groups in total. The maximum absolute atomic E-state index is 13.7. The number of aliphatic carboxylic acids is 1. The first-order valence-corrected chi connectivity index (χ1v) is 17.3. The van der Waals surface area contributed by atoms with Crippen molar-refractivity contribution in [3.8, 4) is 0 Å². The van der Waals surface area contributed by atoms with Crippen LogP contribution in [0.3, 0.4) is 0 Å². The zero-order chi connectivity index (χ0) is 32.4. The fourth-order valence-electron chi connectivity index (χ4n) is 13.6. The molecular formula is C36H58O8. The number of hydrogen-bond acceptors (Lipinski definition) is 7. The molecule has 250 valence electrons. The van der Waals surface area contributed by atoms with Crippen molar-refractivity contribution in [3.05, 3.63) is 12.2 Å². The maximum Gasteiger partial charge on any atom is 0.310 e. The molecule has 5 saturated carbocycles. The lowest BCUT2D eigenvalue weighted by Crippen LogP contribution is -2.71. The molecule has 1 saturated heterocycles. The lowest BCUT2D eigenvalue weighted by atomic mass is 9.31. The first-order chi connectivity index (χ1) is 20.4. The quantitative estimate of drug-likeness (QED) is 0.258. The van der Waals surface area contributed by atoms with Crippen LogP contribution in [-0.4, -0.2) is 79.8 Å². The molecule has 0 radical (unpaired) electrons. The SMILES string of the molecule is C=C(C)[C@@H]1CC[C@]2(C(=O)O)C(C3O[C@H](CO)[C@H](O)[C@H](O)[C@H]3O)C[C@]3(C)[C@H](CC[C@@H]4[C@@]5(C)CC[C@H](O)C(C)(C)[C@@H]5CC[C@]43C)[C@@H]12. The molecule has 16 atom stereocenters. The number of ether oxygens (including phenoxy) is 1. The number of rotatable bonds is 4. The summed E-state index contributed by atoms with van der Waals surface area (Å²) >= 11 is 0. The van der Waals surface area contributed by atoms with E-state index < -0.39 is 54.4 Å². The Labute approximate surface area is 263 Å². The van der Waals surface area contributed by atoms with E-state index >= 15 is 0 Å². The molecule has 6 rings (SSSR count). The summed E-state index contributed by atoms with van der Waals surface area (Å²) in [6, 6.07) is 0. The smallest absolute Gasteiger partial charge is 0.310 e. The zero-order valence-corrected chi connectivity index (χ0v) is 27.7. The lowest BCUT2D eigenvalue weighted by Gasteiger charge is -2.73. The summed E-state index contributed by atoms with van der Waals surface area (Å²) in [6.45, 7) is 17.6. The average molecular weight is 619 g/mol. The number of hydrogen-bond donors (Lipinski definition) is 6. The van der Waals surface area contributed by atoms with Gasteiger partial charge in [-0.05, 0) is 116 Å². The minimum Gasteiger partial charge on any atom is -0.481 e. The predicted octanol–water partition coefficient (Wildman–Crippen LogP) is 4.16. The number of carbonyl (C=O) groups is 1. The van der Waals surface area contributed by atoms with Crippen LogP contribution < -0.4 is 0 Å². The Kier molecular flexibility index (Phi) is 7.84. The normalized spacial score (nSPS) is 56.5. The third-order valence-electron chi connectivity index (χ3n) is 15.9. The number of aliphatic hydroxyl groups excluding tert-OH is 5. The summed E-state index contributed by atoms with van der Waals surface area (Å²) in [7, 11) is 0. The number of aliphatic hydroxyl groups is 5. The van der Waals surface area contributed by atoms with Gasteiger partial charge >= 0.3 is 5.97 Å². The third kappa shape index (κ3) is 4.00. The topological polar surface area (TPSA) is 148 Å². The van der Waals surface area contributed by atoms with E-state index in [1.807, 2.05) is 6.92 Å². The third-order valence-corrected chi connectivity index (χ3v) is 15.9. The molecule has 0 bridgehead atoms. The minimum atomic E-state index is -1.54. The molecule has 44 heavy (non-hydrogen) atoms.